The van der Waals surface area contributed by atoms with Gasteiger partial charge in [0.05, 0.1) is 19.3 Å². The second kappa shape index (κ2) is 8.71. The van der Waals surface area contributed by atoms with Gasteiger partial charge in [-0.3, -0.25) is 4.55 Å². The Kier molecular flexibility index (Phi) is 7.26. The molecule has 0 aliphatic carbocycles. The highest BCUT2D eigenvalue weighted by atomic mass is 32.3. The molecule has 0 aromatic heterocycles. The van der Waals surface area contributed by atoms with Crippen LogP contribution in [0.2, 0.25) is 0 Å². The van der Waals surface area contributed by atoms with Crippen molar-refractivity contribution in [3.8, 4) is 0 Å². The maximum Gasteiger partial charge on any atom is 0.397 e. The van der Waals surface area contributed by atoms with Crippen LogP contribution < -0.4 is 0 Å². The standard InChI is InChI=1S/C17H30O9S/c1-8-6-23-15(16(18)19)14(9(8)2)26-17-12(5)10(3)11(4)13(25-17)7-24-27(20,21)22/h8-15,17H,6-7H2,1-5H3,(H,18,19)(H,20,21,22)/t8?,9?,10?,11-,12?,13?,14-,15?,17?/m1/s1. The summed E-state index contributed by atoms with van der Waals surface area (Å²) in [4.78, 5) is 11.6. The predicted molar refractivity (Wildman–Crippen MR) is 94.2 cm³/mol. The Labute approximate surface area is 160 Å². The highest BCUT2D eigenvalue weighted by Gasteiger charge is 2.46. The first-order chi connectivity index (χ1) is 12.4. The second-order valence-electron chi connectivity index (χ2n) is 7.86. The van der Waals surface area contributed by atoms with E-state index in [1.165, 1.54) is 0 Å². The minimum Gasteiger partial charge on any atom is -0.479 e. The van der Waals surface area contributed by atoms with Crippen molar-refractivity contribution in [2.45, 2.75) is 59.2 Å². The van der Waals surface area contributed by atoms with Gasteiger partial charge in [0.2, 0.25) is 0 Å². The fourth-order valence-electron chi connectivity index (χ4n) is 3.65. The molecule has 2 N–H and O–H groups in total. The zero-order valence-corrected chi connectivity index (χ0v) is 17.1. The molecule has 27 heavy (non-hydrogen) atoms. The molecule has 0 aromatic rings. The van der Waals surface area contributed by atoms with Gasteiger partial charge < -0.3 is 19.3 Å². The average Bonchev–Trinajstić information content (AvgIpc) is 2.57. The lowest BCUT2D eigenvalue weighted by Crippen LogP contribution is -2.55. The lowest BCUT2D eigenvalue weighted by atomic mass is 9.79. The van der Waals surface area contributed by atoms with Crippen LogP contribution in [-0.4, -0.2) is 61.9 Å². The molecule has 7 unspecified atom stereocenters. The molecule has 2 rings (SSSR count). The highest BCUT2D eigenvalue weighted by molar-refractivity contribution is 7.80. The Morgan fingerprint density at radius 3 is 2.26 bits per heavy atom. The number of aliphatic carboxylic acids is 1. The fraction of sp³-hybridized carbons (Fsp3) is 0.941. The molecule has 0 aromatic carbocycles. The van der Waals surface area contributed by atoms with E-state index in [0.29, 0.717) is 6.61 Å². The molecule has 9 atom stereocenters. The van der Waals surface area contributed by atoms with Crippen molar-refractivity contribution in [3.05, 3.63) is 0 Å². The van der Waals surface area contributed by atoms with Gasteiger partial charge in [0.25, 0.3) is 0 Å². The molecule has 10 heteroatoms. The Morgan fingerprint density at radius 1 is 1.07 bits per heavy atom. The topological polar surface area (TPSA) is 129 Å². The van der Waals surface area contributed by atoms with E-state index in [4.69, 9.17) is 18.8 Å². The fourth-order valence-corrected chi connectivity index (χ4v) is 3.96. The smallest absolute Gasteiger partial charge is 0.397 e. The zero-order chi connectivity index (χ0) is 20.5. The van der Waals surface area contributed by atoms with E-state index < -0.39 is 41.0 Å². The van der Waals surface area contributed by atoms with E-state index in [2.05, 4.69) is 4.18 Å². The normalized spacial score (nSPS) is 43.4. The first-order valence-corrected chi connectivity index (χ1v) is 10.6. The molecule has 9 nitrogen and oxygen atoms in total. The van der Waals surface area contributed by atoms with E-state index in [0.717, 1.165) is 0 Å². The van der Waals surface area contributed by atoms with Gasteiger partial charge in [-0.15, -0.1) is 0 Å². The van der Waals surface area contributed by atoms with Crippen molar-refractivity contribution < 1.29 is 41.3 Å². The molecule has 2 fully saturated rings. The second-order valence-corrected chi connectivity index (χ2v) is 8.95. The van der Waals surface area contributed by atoms with Gasteiger partial charge in [0, 0.05) is 5.92 Å². The molecular formula is C17H30O9S. The van der Waals surface area contributed by atoms with E-state index in [1.807, 2.05) is 34.6 Å². The third-order valence-electron chi connectivity index (χ3n) is 6.15. The van der Waals surface area contributed by atoms with E-state index in [-0.39, 0.29) is 36.2 Å². The third kappa shape index (κ3) is 5.39. The van der Waals surface area contributed by atoms with Crippen molar-refractivity contribution >= 4 is 16.4 Å². The van der Waals surface area contributed by atoms with Gasteiger partial charge in [-0.1, -0.05) is 34.6 Å². The van der Waals surface area contributed by atoms with Gasteiger partial charge in [-0.2, -0.15) is 8.42 Å². The van der Waals surface area contributed by atoms with Crippen LogP contribution in [-0.2, 0) is 33.6 Å². The number of carboxylic acids is 1. The quantitative estimate of drug-likeness (QED) is 0.627. The molecule has 2 saturated heterocycles. The van der Waals surface area contributed by atoms with Crippen molar-refractivity contribution in [1.82, 2.24) is 0 Å². The molecule has 0 radical (unpaired) electrons. The number of ether oxygens (including phenoxy) is 3. The number of carboxylic acid groups (broad SMARTS) is 1. The van der Waals surface area contributed by atoms with Crippen LogP contribution in [0.5, 0.6) is 0 Å². The van der Waals surface area contributed by atoms with Gasteiger partial charge in [-0.25, -0.2) is 8.98 Å². The number of hydrogen-bond donors (Lipinski definition) is 2. The number of carbonyl (C=O) groups is 1. The molecule has 0 spiro atoms. The summed E-state index contributed by atoms with van der Waals surface area (Å²) in [6, 6.07) is 0. The van der Waals surface area contributed by atoms with Gasteiger partial charge in [0.15, 0.2) is 12.4 Å². The van der Waals surface area contributed by atoms with Crippen LogP contribution in [0.1, 0.15) is 34.6 Å². The molecule has 0 amide bonds. The number of rotatable bonds is 6. The van der Waals surface area contributed by atoms with E-state index in [1.54, 1.807) is 0 Å². The summed E-state index contributed by atoms with van der Waals surface area (Å²) < 4.78 is 52.5. The van der Waals surface area contributed by atoms with Crippen LogP contribution >= 0.6 is 0 Å². The van der Waals surface area contributed by atoms with Crippen LogP contribution in [0.3, 0.4) is 0 Å². The lowest BCUT2D eigenvalue weighted by Gasteiger charge is -2.46. The maximum atomic E-state index is 11.6. The Balaban J connectivity index is 2.15. The Bertz CT molecular complexity index is 622. The van der Waals surface area contributed by atoms with Crippen LogP contribution in [0.15, 0.2) is 0 Å². The van der Waals surface area contributed by atoms with Crippen molar-refractivity contribution in [3.63, 3.8) is 0 Å². The molecule has 2 aliphatic heterocycles. The average molecular weight is 410 g/mol. The summed E-state index contributed by atoms with van der Waals surface area (Å²) in [5.74, 6) is -1.02. The van der Waals surface area contributed by atoms with Crippen LogP contribution in [0, 0.1) is 29.6 Å². The summed E-state index contributed by atoms with van der Waals surface area (Å²) >= 11 is 0. The summed E-state index contributed by atoms with van der Waals surface area (Å²) in [5.41, 5.74) is 0. The van der Waals surface area contributed by atoms with Crippen LogP contribution in [0.4, 0.5) is 0 Å². The molecule has 0 saturated carbocycles. The SMILES string of the molecule is CC1COC(C(=O)O)[C@H](OC2OC(COS(=O)(=O)O)[C@H](C)C(C)C2C)C1C. The van der Waals surface area contributed by atoms with Crippen molar-refractivity contribution in [2.75, 3.05) is 13.2 Å². The minimum absolute atomic E-state index is 0.0455. The summed E-state index contributed by atoms with van der Waals surface area (Å²) in [5, 5.41) is 9.47. The van der Waals surface area contributed by atoms with E-state index in [9.17, 15) is 18.3 Å². The molecular weight excluding hydrogens is 380 g/mol. The third-order valence-corrected chi connectivity index (χ3v) is 6.59. The van der Waals surface area contributed by atoms with Gasteiger partial charge in [-0.05, 0) is 23.7 Å². The lowest BCUT2D eigenvalue weighted by molar-refractivity contribution is -0.294. The van der Waals surface area contributed by atoms with Gasteiger partial charge >= 0.3 is 16.4 Å². The number of hydrogen-bond acceptors (Lipinski definition) is 7. The first-order valence-electron chi connectivity index (χ1n) is 9.19. The zero-order valence-electron chi connectivity index (χ0n) is 16.3. The molecule has 2 heterocycles. The molecule has 0 bridgehead atoms. The Hall–Kier alpha value is -0.780. The molecule has 158 valence electrons. The highest BCUT2D eigenvalue weighted by Crippen LogP contribution is 2.38. The largest absolute Gasteiger partial charge is 0.479 e. The van der Waals surface area contributed by atoms with E-state index >= 15 is 0 Å². The van der Waals surface area contributed by atoms with Crippen molar-refractivity contribution in [1.29, 1.82) is 0 Å². The summed E-state index contributed by atoms with van der Waals surface area (Å²) in [6.45, 7) is 9.74. The summed E-state index contributed by atoms with van der Waals surface area (Å²) in [7, 11) is -4.58. The minimum atomic E-state index is -4.58. The monoisotopic (exact) mass is 410 g/mol. The van der Waals surface area contributed by atoms with Crippen molar-refractivity contribution in [2.24, 2.45) is 29.6 Å². The maximum absolute atomic E-state index is 11.6. The Morgan fingerprint density at radius 2 is 1.70 bits per heavy atom. The summed E-state index contributed by atoms with van der Waals surface area (Å²) in [6.07, 6.45) is -3.14. The predicted octanol–water partition coefficient (Wildman–Crippen LogP) is 1.58. The van der Waals surface area contributed by atoms with Gasteiger partial charge in [0.1, 0.15) is 6.10 Å². The van der Waals surface area contributed by atoms with Crippen LogP contribution in [0.25, 0.3) is 0 Å². The first kappa shape index (κ1) is 22.5. The molecule has 2 aliphatic rings.